The van der Waals surface area contributed by atoms with E-state index in [-0.39, 0.29) is 5.69 Å². The molecule has 1 fully saturated rings. The van der Waals surface area contributed by atoms with Gasteiger partial charge in [-0.2, -0.15) is 0 Å². The summed E-state index contributed by atoms with van der Waals surface area (Å²) in [7, 11) is 0. The van der Waals surface area contributed by atoms with Gasteiger partial charge in [0.15, 0.2) is 5.69 Å². The molecule has 5 nitrogen and oxygen atoms in total. The topological polar surface area (TPSA) is 66.3 Å². The lowest BCUT2D eigenvalue weighted by atomic mass is 10.1. The molecule has 1 heterocycles. The number of rotatable bonds is 5. The van der Waals surface area contributed by atoms with Crippen molar-refractivity contribution in [2.45, 2.75) is 45.6 Å². The molecule has 0 aliphatic heterocycles. The van der Waals surface area contributed by atoms with Crippen molar-refractivity contribution in [1.29, 1.82) is 0 Å². The molecule has 1 N–H and O–H groups in total. The van der Waals surface area contributed by atoms with E-state index in [1.54, 1.807) is 6.20 Å². The molecule has 0 aromatic carbocycles. The largest absolute Gasteiger partial charge is 0.476 e. The van der Waals surface area contributed by atoms with E-state index in [1.165, 1.54) is 31.9 Å². The molecular weight excluding hydrogens is 242 g/mol. The number of nitrogens with zero attached hydrogens (tertiary/aromatic N) is 3. The first-order valence-corrected chi connectivity index (χ1v) is 6.90. The maximum atomic E-state index is 10.8. The van der Waals surface area contributed by atoms with Gasteiger partial charge in [-0.25, -0.2) is 14.8 Å². The lowest BCUT2D eigenvalue weighted by molar-refractivity contribution is 0.0690. The molecule has 1 aromatic heterocycles. The van der Waals surface area contributed by atoms with E-state index >= 15 is 0 Å². The summed E-state index contributed by atoms with van der Waals surface area (Å²) in [5, 5.41) is 8.86. The number of carboxylic acid groups (broad SMARTS) is 1. The highest BCUT2D eigenvalue weighted by Gasteiger charge is 2.24. The first kappa shape index (κ1) is 13.8. The Morgan fingerprint density at radius 2 is 2.05 bits per heavy atom. The maximum absolute atomic E-state index is 10.8. The molecule has 0 atom stereocenters. The van der Waals surface area contributed by atoms with Crippen LogP contribution >= 0.6 is 0 Å². The second-order valence-electron chi connectivity index (χ2n) is 5.55. The quantitative estimate of drug-likeness (QED) is 0.884. The summed E-state index contributed by atoms with van der Waals surface area (Å²) in [6.45, 7) is 5.30. The molecule has 1 aliphatic carbocycles. The minimum atomic E-state index is -1.03. The van der Waals surface area contributed by atoms with Crippen LogP contribution in [0.25, 0.3) is 0 Å². The molecule has 1 aliphatic rings. The van der Waals surface area contributed by atoms with E-state index in [1.807, 2.05) is 0 Å². The van der Waals surface area contributed by atoms with Crippen LogP contribution in [0, 0.1) is 5.92 Å². The van der Waals surface area contributed by atoms with Crippen molar-refractivity contribution in [3.05, 3.63) is 18.1 Å². The Kier molecular flexibility index (Phi) is 4.35. The van der Waals surface area contributed by atoms with E-state index in [9.17, 15) is 4.79 Å². The summed E-state index contributed by atoms with van der Waals surface area (Å²) in [6.07, 6.45) is 7.84. The Hall–Kier alpha value is -1.65. The number of anilines is 1. The Balaban J connectivity index is 2.18. The molecule has 19 heavy (non-hydrogen) atoms. The zero-order valence-corrected chi connectivity index (χ0v) is 11.5. The van der Waals surface area contributed by atoms with Crippen molar-refractivity contribution in [2.75, 3.05) is 11.4 Å². The van der Waals surface area contributed by atoms with Gasteiger partial charge in [-0.1, -0.05) is 26.7 Å². The second-order valence-corrected chi connectivity index (χ2v) is 5.55. The third-order valence-electron chi connectivity index (χ3n) is 3.48. The highest BCUT2D eigenvalue weighted by molar-refractivity contribution is 5.84. The van der Waals surface area contributed by atoms with E-state index < -0.39 is 5.97 Å². The van der Waals surface area contributed by atoms with Crippen LogP contribution in [-0.4, -0.2) is 33.6 Å². The van der Waals surface area contributed by atoms with E-state index in [0.29, 0.717) is 12.0 Å². The van der Waals surface area contributed by atoms with Crippen LogP contribution < -0.4 is 4.90 Å². The van der Waals surface area contributed by atoms with Crippen molar-refractivity contribution in [2.24, 2.45) is 5.92 Å². The summed E-state index contributed by atoms with van der Waals surface area (Å²) in [5.41, 5.74) is -0.000307. The smallest absolute Gasteiger partial charge is 0.356 e. The van der Waals surface area contributed by atoms with Gasteiger partial charge < -0.3 is 10.0 Å². The predicted octanol–water partition coefficient (Wildman–Crippen LogP) is 2.58. The normalized spacial score (nSPS) is 15.9. The average Bonchev–Trinajstić information content (AvgIpc) is 2.89. The Morgan fingerprint density at radius 1 is 1.37 bits per heavy atom. The molecule has 2 rings (SSSR count). The van der Waals surface area contributed by atoms with Crippen LogP contribution in [0.1, 0.15) is 50.0 Å². The van der Waals surface area contributed by atoms with Crippen LogP contribution in [0.3, 0.4) is 0 Å². The van der Waals surface area contributed by atoms with Crippen molar-refractivity contribution in [1.82, 2.24) is 9.97 Å². The number of hydrogen-bond acceptors (Lipinski definition) is 4. The highest BCUT2D eigenvalue weighted by Crippen LogP contribution is 2.27. The second kappa shape index (κ2) is 5.99. The van der Waals surface area contributed by atoms with Gasteiger partial charge >= 0.3 is 5.97 Å². The third-order valence-corrected chi connectivity index (χ3v) is 3.48. The lowest BCUT2D eigenvalue weighted by Crippen LogP contribution is -2.37. The van der Waals surface area contributed by atoms with E-state index in [4.69, 9.17) is 5.11 Å². The van der Waals surface area contributed by atoms with Crippen molar-refractivity contribution in [3.63, 3.8) is 0 Å². The highest BCUT2D eigenvalue weighted by atomic mass is 16.4. The first-order valence-electron chi connectivity index (χ1n) is 6.90. The maximum Gasteiger partial charge on any atom is 0.356 e. The minimum Gasteiger partial charge on any atom is -0.476 e. The Bertz CT molecular complexity index is 425. The fourth-order valence-corrected chi connectivity index (χ4v) is 2.62. The number of hydrogen-bond donors (Lipinski definition) is 1. The van der Waals surface area contributed by atoms with Crippen LogP contribution in [-0.2, 0) is 0 Å². The van der Waals surface area contributed by atoms with E-state index in [0.717, 1.165) is 12.4 Å². The van der Waals surface area contributed by atoms with Crippen molar-refractivity contribution in [3.8, 4) is 0 Å². The molecular formula is C14H21N3O2. The van der Waals surface area contributed by atoms with Gasteiger partial charge in [0, 0.05) is 12.6 Å². The van der Waals surface area contributed by atoms with Crippen LogP contribution in [0.5, 0.6) is 0 Å². The number of carbonyl (C=O) groups is 1. The van der Waals surface area contributed by atoms with Gasteiger partial charge in [-0.05, 0) is 18.8 Å². The molecule has 0 bridgehead atoms. The minimum absolute atomic E-state index is 0.000307. The first-order chi connectivity index (χ1) is 9.08. The van der Waals surface area contributed by atoms with Gasteiger partial charge in [0.1, 0.15) is 5.82 Å². The van der Waals surface area contributed by atoms with E-state index in [2.05, 4.69) is 28.7 Å². The Labute approximate surface area is 113 Å². The molecule has 0 amide bonds. The fourth-order valence-electron chi connectivity index (χ4n) is 2.62. The zero-order chi connectivity index (χ0) is 13.8. The molecule has 1 aromatic rings. The lowest BCUT2D eigenvalue weighted by Gasteiger charge is -2.31. The zero-order valence-electron chi connectivity index (χ0n) is 11.5. The third kappa shape index (κ3) is 3.43. The fraction of sp³-hybridized carbons (Fsp3) is 0.643. The van der Waals surface area contributed by atoms with Crippen molar-refractivity contribution < 1.29 is 9.90 Å². The van der Waals surface area contributed by atoms with Crippen molar-refractivity contribution >= 4 is 11.8 Å². The summed E-state index contributed by atoms with van der Waals surface area (Å²) in [6, 6.07) is 0.521. The predicted molar refractivity (Wildman–Crippen MR) is 73.4 cm³/mol. The van der Waals surface area contributed by atoms with Crippen LogP contribution in [0.4, 0.5) is 5.82 Å². The monoisotopic (exact) mass is 263 g/mol. The summed E-state index contributed by atoms with van der Waals surface area (Å²) in [5.74, 6) is 0.308. The van der Waals surface area contributed by atoms with Gasteiger partial charge in [0.25, 0.3) is 0 Å². The molecule has 0 unspecified atom stereocenters. The average molecular weight is 263 g/mol. The molecule has 0 radical (unpaired) electrons. The SMILES string of the molecule is CC(C)CN(c1cnc(C(=O)O)cn1)C1CCCC1. The Morgan fingerprint density at radius 3 is 2.53 bits per heavy atom. The van der Waals surface area contributed by atoms with Crippen LogP contribution in [0.2, 0.25) is 0 Å². The van der Waals surface area contributed by atoms with Crippen LogP contribution in [0.15, 0.2) is 12.4 Å². The summed E-state index contributed by atoms with van der Waals surface area (Å²) >= 11 is 0. The molecule has 1 saturated carbocycles. The van der Waals surface area contributed by atoms with Gasteiger partial charge in [-0.15, -0.1) is 0 Å². The molecule has 5 heteroatoms. The number of aromatic nitrogens is 2. The van der Waals surface area contributed by atoms with Gasteiger partial charge in [0.05, 0.1) is 12.4 Å². The summed E-state index contributed by atoms with van der Waals surface area (Å²) in [4.78, 5) is 21.3. The standard InChI is InChI=1S/C14H21N3O2/c1-10(2)9-17(11-5-3-4-6-11)13-8-15-12(7-16-13)14(18)19/h7-8,10-11H,3-6,9H2,1-2H3,(H,18,19). The van der Waals surface area contributed by atoms with Gasteiger partial charge in [-0.3, -0.25) is 0 Å². The number of carboxylic acids is 1. The number of aromatic carboxylic acids is 1. The molecule has 0 spiro atoms. The summed E-state index contributed by atoms with van der Waals surface area (Å²) < 4.78 is 0. The molecule has 104 valence electrons. The molecule has 0 saturated heterocycles. The van der Waals surface area contributed by atoms with Gasteiger partial charge in [0.2, 0.25) is 0 Å².